The van der Waals surface area contributed by atoms with Gasteiger partial charge in [-0.25, -0.2) is 9.97 Å². The number of nitrogens with one attached hydrogen (secondary N) is 2. The number of primary amides is 1. The van der Waals surface area contributed by atoms with Crippen LogP contribution < -0.4 is 11.1 Å². The first-order valence-electron chi connectivity index (χ1n) is 10.4. The molecule has 1 aliphatic carbocycles. The fraction of sp³-hybridized carbons (Fsp3) is 0.550. The number of likely N-dealkylation sites (tertiary alicyclic amines) is 1. The van der Waals surface area contributed by atoms with Crippen molar-refractivity contribution >= 4 is 34.9 Å². The van der Waals surface area contributed by atoms with Crippen LogP contribution in [0.25, 0.3) is 0 Å². The summed E-state index contributed by atoms with van der Waals surface area (Å²) in [5.41, 5.74) is 5.59. The van der Waals surface area contributed by atoms with Gasteiger partial charge >= 0.3 is 0 Å². The monoisotopic (exact) mass is 430 g/mol. The highest BCUT2D eigenvalue weighted by Gasteiger charge is 2.30. The molecule has 0 spiro atoms. The lowest BCUT2D eigenvalue weighted by atomic mass is 9.87. The number of aromatic amines is 1. The van der Waals surface area contributed by atoms with E-state index in [2.05, 4.69) is 20.3 Å². The van der Waals surface area contributed by atoms with Crippen LogP contribution in [-0.4, -0.2) is 50.7 Å². The Morgan fingerprint density at radius 3 is 2.57 bits per heavy atom. The summed E-state index contributed by atoms with van der Waals surface area (Å²) in [5, 5.41) is 5.19. The molecular formula is C20H26N6O3S. The minimum atomic E-state index is -0.698. The van der Waals surface area contributed by atoms with Crippen LogP contribution in [0.2, 0.25) is 0 Å². The minimum Gasteiger partial charge on any atom is -0.364 e. The van der Waals surface area contributed by atoms with Crippen LogP contribution in [0.1, 0.15) is 76.8 Å². The molecular weight excluding hydrogens is 404 g/mol. The van der Waals surface area contributed by atoms with Gasteiger partial charge in [-0.05, 0) is 25.7 Å². The van der Waals surface area contributed by atoms with Crippen LogP contribution in [0.3, 0.4) is 0 Å². The second-order valence-electron chi connectivity index (χ2n) is 7.95. The first-order chi connectivity index (χ1) is 14.5. The van der Waals surface area contributed by atoms with Crippen LogP contribution in [0.5, 0.6) is 0 Å². The molecule has 4 N–H and O–H groups in total. The van der Waals surface area contributed by atoms with E-state index < -0.39 is 11.8 Å². The molecule has 0 aromatic carbocycles. The maximum absolute atomic E-state index is 12.7. The molecule has 2 aliphatic rings. The van der Waals surface area contributed by atoms with Crippen molar-refractivity contribution in [3.05, 3.63) is 28.1 Å². The molecule has 30 heavy (non-hydrogen) atoms. The number of carbonyl (C=O) groups excluding carboxylic acids is 3. The summed E-state index contributed by atoms with van der Waals surface area (Å²) in [6.45, 7) is 1.49. The van der Waals surface area contributed by atoms with Crippen molar-refractivity contribution in [1.29, 1.82) is 0 Å². The van der Waals surface area contributed by atoms with Gasteiger partial charge in [0.1, 0.15) is 11.4 Å². The lowest BCUT2D eigenvalue weighted by Crippen LogP contribution is -2.41. The third-order valence-electron chi connectivity index (χ3n) is 5.98. The summed E-state index contributed by atoms with van der Waals surface area (Å²) in [7, 11) is 0. The highest BCUT2D eigenvalue weighted by molar-refractivity contribution is 7.10. The van der Waals surface area contributed by atoms with Crippen LogP contribution in [-0.2, 0) is 4.79 Å². The highest BCUT2D eigenvalue weighted by atomic mass is 32.1. The highest BCUT2D eigenvalue weighted by Crippen LogP contribution is 2.32. The van der Waals surface area contributed by atoms with Crippen molar-refractivity contribution in [2.45, 2.75) is 50.9 Å². The van der Waals surface area contributed by atoms with E-state index in [9.17, 15) is 14.4 Å². The standard InChI is InChI=1S/C20H26N6O3S/c21-16(27)15-17(23-11-22-15)25-18(28)14-10-30-19(24-14)12-6-8-26(9-7-12)20(29)13-4-2-1-3-5-13/h10-13H,1-9H2,(H2,21,27)(H,22,23)(H,25,28). The summed E-state index contributed by atoms with van der Waals surface area (Å²) < 4.78 is 0. The van der Waals surface area contributed by atoms with E-state index in [1.807, 2.05) is 4.90 Å². The number of nitrogens with two attached hydrogens (primary N) is 1. The molecule has 1 aliphatic heterocycles. The van der Waals surface area contributed by atoms with Gasteiger partial charge in [0, 0.05) is 30.3 Å². The number of rotatable bonds is 5. The van der Waals surface area contributed by atoms with Gasteiger partial charge in [-0.15, -0.1) is 11.3 Å². The number of hydrogen-bond donors (Lipinski definition) is 3. The van der Waals surface area contributed by atoms with Gasteiger partial charge in [0.25, 0.3) is 11.8 Å². The molecule has 1 saturated carbocycles. The van der Waals surface area contributed by atoms with Crippen molar-refractivity contribution in [1.82, 2.24) is 19.9 Å². The Labute approximate surface area is 178 Å². The largest absolute Gasteiger partial charge is 0.364 e. The van der Waals surface area contributed by atoms with Crippen molar-refractivity contribution in [3.63, 3.8) is 0 Å². The molecule has 10 heteroatoms. The van der Waals surface area contributed by atoms with Gasteiger partial charge in [0.15, 0.2) is 5.82 Å². The van der Waals surface area contributed by atoms with E-state index in [4.69, 9.17) is 5.73 Å². The SMILES string of the molecule is NC(=O)c1[nH]cnc1NC(=O)c1csc(C2CCN(C(=O)C3CCCCC3)CC2)n1. The number of carbonyl (C=O) groups is 3. The van der Waals surface area contributed by atoms with Crippen LogP contribution in [0, 0.1) is 5.92 Å². The topological polar surface area (TPSA) is 134 Å². The molecule has 3 amide bonds. The average molecular weight is 431 g/mol. The van der Waals surface area contributed by atoms with Crippen LogP contribution in [0.4, 0.5) is 5.82 Å². The summed E-state index contributed by atoms with van der Waals surface area (Å²) >= 11 is 1.45. The zero-order valence-electron chi connectivity index (χ0n) is 16.7. The molecule has 0 atom stereocenters. The van der Waals surface area contributed by atoms with Crippen molar-refractivity contribution in [3.8, 4) is 0 Å². The molecule has 9 nitrogen and oxygen atoms in total. The van der Waals surface area contributed by atoms with Crippen LogP contribution >= 0.6 is 11.3 Å². The Morgan fingerprint density at radius 1 is 1.13 bits per heavy atom. The van der Waals surface area contributed by atoms with E-state index >= 15 is 0 Å². The fourth-order valence-electron chi connectivity index (χ4n) is 4.28. The summed E-state index contributed by atoms with van der Waals surface area (Å²) in [6.07, 6.45) is 8.64. The first-order valence-corrected chi connectivity index (χ1v) is 11.3. The number of imidazole rings is 1. The number of thiazole rings is 1. The molecule has 4 rings (SSSR count). The maximum atomic E-state index is 12.7. The summed E-state index contributed by atoms with van der Waals surface area (Å²) in [5.74, 6) is -0.266. The molecule has 2 aromatic rings. The van der Waals surface area contributed by atoms with Gasteiger partial charge in [0.05, 0.1) is 11.3 Å². The summed E-state index contributed by atoms with van der Waals surface area (Å²) in [6, 6.07) is 0. The number of hydrogen-bond acceptors (Lipinski definition) is 6. The zero-order valence-corrected chi connectivity index (χ0v) is 17.5. The van der Waals surface area contributed by atoms with Gasteiger partial charge in [-0.1, -0.05) is 19.3 Å². The second-order valence-corrected chi connectivity index (χ2v) is 8.84. The molecule has 0 bridgehead atoms. The van der Waals surface area contributed by atoms with E-state index in [1.54, 1.807) is 5.38 Å². The Kier molecular flexibility index (Phi) is 6.12. The van der Waals surface area contributed by atoms with Crippen LogP contribution in [0.15, 0.2) is 11.7 Å². The predicted octanol–water partition coefficient (Wildman–Crippen LogP) is 2.50. The normalized spacial score (nSPS) is 18.3. The fourth-order valence-corrected chi connectivity index (χ4v) is 5.25. The number of aromatic nitrogens is 3. The van der Waals surface area contributed by atoms with Gasteiger partial charge in [-0.3, -0.25) is 14.4 Å². The van der Waals surface area contributed by atoms with E-state index in [0.717, 1.165) is 56.6 Å². The second kappa shape index (κ2) is 8.95. The third-order valence-corrected chi connectivity index (χ3v) is 6.99. The maximum Gasteiger partial charge on any atom is 0.276 e. The van der Waals surface area contributed by atoms with Crippen molar-refractivity contribution in [2.75, 3.05) is 18.4 Å². The molecule has 0 unspecified atom stereocenters. The average Bonchev–Trinajstić information content (AvgIpc) is 3.44. The molecule has 2 aromatic heterocycles. The van der Waals surface area contributed by atoms with Gasteiger partial charge in [-0.2, -0.15) is 0 Å². The van der Waals surface area contributed by atoms with E-state index in [0.29, 0.717) is 5.91 Å². The summed E-state index contributed by atoms with van der Waals surface area (Å²) in [4.78, 5) is 49.6. The third kappa shape index (κ3) is 4.38. The van der Waals surface area contributed by atoms with E-state index in [1.165, 1.54) is 24.1 Å². The number of amides is 3. The molecule has 0 radical (unpaired) electrons. The zero-order chi connectivity index (χ0) is 21.1. The Hall–Kier alpha value is -2.75. The number of nitrogens with zero attached hydrogens (tertiary/aromatic N) is 3. The van der Waals surface area contributed by atoms with Crippen molar-refractivity contribution in [2.24, 2.45) is 11.7 Å². The molecule has 1 saturated heterocycles. The lowest BCUT2D eigenvalue weighted by Gasteiger charge is -2.34. The quantitative estimate of drug-likeness (QED) is 0.670. The Morgan fingerprint density at radius 2 is 1.87 bits per heavy atom. The molecule has 3 heterocycles. The smallest absolute Gasteiger partial charge is 0.276 e. The first kappa shape index (κ1) is 20.5. The van der Waals surface area contributed by atoms with E-state index in [-0.39, 0.29) is 29.0 Å². The predicted molar refractivity (Wildman–Crippen MR) is 112 cm³/mol. The Bertz CT molecular complexity index is 925. The molecule has 160 valence electrons. The van der Waals surface area contributed by atoms with Gasteiger partial charge < -0.3 is 20.9 Å². The number of anilines is 1. The number of piperidine rings is 1. The Balaban J connectivity index is 1.33. The molecule has 2 fully saturated rings. The lowest BCUT2D eigenvalue weighted by molar-refractivity contribution is -0.137. The van der Waals surface area contributed by atoms with Crippen molar-refractivity contribution < 1.29 is 14.4 Å². The number of H-pyrrole nitrogens is 1. The minimum absolute atomic E-state index is 0.0498. The van der Waals surface area contributed by atoms with Gasteiger partial charge in [0.2, 0.25) is 5.91 Å².